The number of sulfone groups is 1. The fourth-order valence-corrected chi connectivity index (χ4v) is 3.21. The molecule has 6 nitrogen and oxygen atoms in total. The van der Waals surface area contributed by atoms with Gasteiger partial charge in [-0.05, 0) is 31.5 Å². The summed E-state index contributed by atoms with van der Waals surface area (Å²) in [5, 5.41) is 2.47. The van der Waals surface area contributed by atoms with Gasteiger partial charge in [-0.25, -0.2) is 8.42 Å². The van der Waals surface area contributed by atoms with Crippen LogP contribution in [0.5, 0.6) is 0 Å². The Balaban J connectivity index is 2.03. The van der Waals surface area contributed by atoms with Crippen LogP contribution in [0.25, 0.3) is 0 Å². The minimum absolute atomic E-state index is 0.00397. The lowest BCUT2D eigenvalue weighted by Crippen LogP contribution is -2.33. The maximum atomic E-state index is 12.4. The number of benzene rings is 2. The van der Waals surface area contributed by atoms with E-state index in [0.29, 0.717) is 0 Å². The number of hydrogen-bond acceptors (Lipinski definition) is 5. The molecule has 7 heteroatoms. The van der Waals surface area contributed by atoms with E-state index < -0.39 is 33.7 Å². The van der Waals surface area contributed by atoms with E-state index in [4.69, 9.17) is 4.74 Å². The van der Waals surface area contributed by atoms with Crippen molar-refractivity contribution in [2.75, 3.05) is 18.2 Å². The largest absolute Gasteiger partial charge is 0.455 e. The van der Waals surface area contributed by atoms with E-state index in [1.165, 1.54) is 12.1 Å². The molecule has 0 aromatic heterocycles. The molecule has 0 atom stereocenters. The standard InChI is InChI=1S/C19H21NO5S/c1-19(2,14-9-5-4-6-10-14)18(22)25-13-17(21)20-15-11-7-8-12-16(15)26(3,23)24/h4-12H,13H2,1-3H3,(H,20,21). The quantitative estimate of drug-likeness (QED) is 0.784. The average molecular weight is 375 g/mol. The molecule has 0 heterocycles. The van der Waals surface area contributed by atoms with Gasteiger partial charge in [-0.3, -0.25) is 9.59 Å². The van der Waals surface area contributed by atoms with Crippen molar-refractivity contribution < 1.29 is 22.7 Å². The maximum Gasteiger partial charge on any atom is 0.316 e. The highest BCUT2D eigenvalue weighted by Gasteiger charge is 2.31. The molecule has 0 aliphatic carbocycles. The molecule has 2 aromatic carbocycles. The summed E-state index contributed by atoms with van der Waals surface area (Å²) in [5.74, 6) is -1.16. The van der Waals surface area contributed by atoms with Crippen molar-refractivity contribution >= 4 is 27.4 Å². The third-order valence-corrected chi connectivity index (χ3v) is 5.06. The fraction of sp³-hybridized carbons (Fsp3) is 0.263. The summed E-state index contributed by atoms with van der Waals surface area (Å²) < 4.78 is 28.6. The van der Waals surface area contributed by atoms with Crippen LogP contribution in [0.4, 0.5) is 5.69 Å². The molecular weight excluding hydrogens is 354 g/mol. The number of carbonyl (C=O) groups excluding carboxylic acids is 2. The second-order valence-corrected chi connectivity index (χ2v) is 8.37. The van der Waals surface area contributed by atoms with Crippen molar-refractivity contribution in [3.8, 4) is 0 Å². The highest BCUT2D eigenvalue weighted by molar-refractivity contribution is 7.90. The number of rotatable bonds is 6. The molecule has 1 amide bonds. The normalized spacial score (nSPS) is 11.7. The summed E-state index contributed by atoms with van der Waals surface area (Å²) >= 11 is 0. The molecular formula is C19H21NO5S. The van der Waals surface area contributed by atoms with Crippen molar-refractivity contribution in [2.24, 2.45) is 0 Å². The highest BCUT2D eigenvalue weighted by atomic mass is 32.2. The van der Waals surface area contributed by atoms with Gasteiger partial charge in [-0.1, -0.05) is 42.5 Å². The number of ether oxygens (including phenoxy) is 1. The van der Waals surface area contributed by atoms with Crippen LogP contribution < -0.4 is 5.32 Å². The van der Waals surface area contributed by atoms with Crippen LogP contribution in [0.2, 0.25) is 0 Å². The molecule has 138 valence electrons. The highest BCUT2D eigenvalue weighted by Crippen LogP contribution is 2.24. The van der Waals surface area contributed by atoms with E-state index in [1.807, 2.05) is 30.3 Å². The van der Waals surface area contributed by atoms with Gasteiger partial charge in [-0.15, -0.1) is 0 Å². The van der Waals surface area contributed by atoms with Crippen LogP contribution >= 0.6 is 0 Å². The summed E-state index contributed by atoms with van der Waals surface area (Å²) in [7, 11) is -3.49. The summed E-state index contributed by atoms with van der Waals surface area (Å²) in [4.78, 5) is 24.4. The van der Waals surface area contributed by atoms with E-state index in [1.54, 1.807) is 26.0 Å². The molecule has 0 unspecified atom stereocenters. The van der Waals surface area contributed by atoms with Gasteiger partial charge in [0.15, 0.2) is 16.4 Å². The van der Waals surface area contributed by atoms with Gasteiger partial charge in [0.05, 0.1) is 16.0 Å². The summed E-state index contributed by atoms with van der Waals surface area (Å²) in [6.07, 6.45) is 1.06. The molecule has 0 aliphatic rings. The molecule has 26 heavy (non-hydrogen) atoms. The van der Waals surface area contributed by atoms with Gasteiger partial charge in [0.25, 0.3) is 5.91 Å². The zero-order chi connectivity index (χ0) is 19.4. The Labute approximate surface area is 153 Å². The van der Waals surface area contributed by atoms with E-state index in [0.717, 1.165) is 11.8 Å². The van der Waals surface area contributed by atoms with Crippen LogP contribution in [-0.2, 0) is 29.6 Å². The molecule has 0 saturated carbocycles. The molecule has 2 rings (SSSR count). The minimum Gasteiger partial charge on any atom is -0.455 e. The Morgan fingerprint density at radius 2 is 1.58 bits per heavy atom. The predicted octanol–water partition coefficient (Wildman–Crippen LogP) is 2.55. The maximum absolute atomic E-state index is 12.4. The topological polar surface area (TPSA) is 89.5 Å². The van der Waals surface area contributed by atoms with Crippen molar-refractivity contribution in [1.29, 1.82) is 0 Å². The molecule has 2 aromatic rings. The van der Waals surface area contributed by atoms with Crippen molar-refractivity contribution in [2.45, 2.75) is 24.2 Å². The third-order valence-electron chi connectivity index (χ3n) is 3.90. The molecule has 0 fully saturated rings. The lowest BCUT2D eigenvalue weighted by molar-refractivity contribution is -0.152. The first kappa shape index (κ1) is 19.7. The van der Waals surface area contributed by atoms with E-state index in [2.05, 4.69) is 5.32 Å². The molecule has 0 radical (unpaired) electrons. The molecule has 0 spiro atoms. The number of carbonyl (C=O) groups is 2. The van der Waals surface area contributed by atoms with Crippen LogP contribution in [0.1, 0.15) is 19.4 Å². The molecule has 0 aliphatic heterocycles. The Morgan fingerprint density at radius 1 is 1.00 bits per heavy atom. The first-order valence-electron chi connectivity index (χ1n) is 7.94. The Kier molecular flexibility index (Phi) is 5.82. The second-order valence-electron chi connectivity index (χ2n) is 6.38. The lowest BCUT2D eigenvalue weighted by Gasteiger charge is -2.22. The van der Waals surface area contributed by atoms with Gasteiger partial charge in [0.2, 0.25) is 0 Å². The summed E-state index contributed by atoms with van der Waals surface area (Å²) in [5.41, 5.74) is 0.0119. The van der Waals surface area contributed by atoms with Gasteiger partial charge >= 0.3 is 5.97 Å². The van der Waals surface area contributed by atoms with E-state index in [9.17, 15) is 18.0 Å². The zero-order valence-corrected chi connectivity index (χ0v) is 15.7. The van der Waals surface area contributed by atoms with E-state index >= 15 is 0 Å². The minimum atomic E-state index is -3.49. The Hall–Kier alpha value is -2.67. The Morgan fingerprint density at radius 3 is 2.19 bits per heavy atom. The van der Waals surface area contributed by atoms with Gasteiger partial charge in [0, 0.05) is 6.26 Å². The third kappa shape index (κ3) is 4.70. The zero-order valence-electron chi connectivity index (χ0n) is 14.9. The monoisotopic (exact) mass is 375 g/mol. The second kappa shape index (κ2) is 7.70. The fourth-order valence-electron chi connectivity index (χ4n) is 2.36. The average Bonchev–Trinajstić information content (AvgIpc) is 2.60. The van der Waals surface area contributed by atoms with Crippen molar-refractivity contribution in [1.82, 2.24) is 0 Å². The summed E-state index contributed by atoms with van der Waals surface area (Å²) in [6, 6.07) is 15.1. The number of hydrogen-bond donors (Lipinski definition) is 1. The number of para-hydroxylation sites is 1. The Bertz CT molecular complexity index is 905. The SMILES string of the molecule is CC(C)(C(=O)OCC(=O)Nc1ccccc1S(C)(=O)=O)c1ccccc1. The van der Waals surface area contributed by atoms with Crippen LogP contribution in [0, 0.1) is 0 Å². The van der Waals surface area contributed by atoms with Crippen LogP contribution in [0.15, 0.2) is 59.5 Å². The number of amides is 1. The van der Waals surface area contributed by atoms with Gasteiger partial charge in [-0.2, -0.15) is 0 Å². The van der Waals surface area contributed by atoms with E-state index in [-0.39, 0.29) is 10.6 Å². The number of nitrogens with one attached hydrogen (secondary N) is 1. The van der Waals surface area contributed by atoms with Crippen molar-refractivity contribution in [3.05, 3.63) is 60.2 Å². The first-order chi connectivity index (χ1) is 12.1. The molecule has 0 bridgehead atoms. The summed E-state index contributed by atoms with van der Waals surface area (Å²) in [6.45, 7) is 2.91. The first-order valence-corrected chi connectivity index (χ1v) is 9.83. The van der Waals surface area contributed by atoms with Gasteiger partial charge in [0.1, 0.15) is 0 Å². The lowest BCUT2D eigenvalue weighted by atomic mass is 9.85. The predicted molar refractivity (Wildman–Crippen MR) is 98.6 cm³/mol. The van der Waals surface area contributed by atoms with Crippen LogP contribution in [-0.4, -0.2) is 33.2 Å². The van der Waals surface area contributed by atoms with Crippen molar-refractivity contribution in [3.63, 3.8) is 0 Å². The molecule has 1 N–H and O–H groups in total. The smallest absolute Gasteiger partial charge is 0.316 e. The van der Waals surface area contributed by atoms with Gasteiger partial charge < -0.3 is 10.1 Å². The number of esters is 1. The number of anilines is 1. The van der Waals surface area contributed by atoms with Crippen LogP contribution in [0.3, 0.4) is 0 Å². The molecule has 0 saturated heterocycles.